The van der Waals surface area contributed by atoms with Crippen molar-refractivity contribution in [2.75, 3.05) is 0 Å². The zero-order valence-electron chi connectivity index (χ0n) is 11.8. The summed E-state index contributed by atoms with van der Waals surface area (Å²) in [5.41, 5.74) is 3.72. The number of nitrogens with zero attached hydrogens (tertiary/aromatic N) is 1. The fourth-order valence-electron chi connectivity index (χ4n) is 2.49. The van der Waals surface area contributed by atoms with Gasteiger partial charge in [-0.2, -0.15) is 0 Å². The number of para-hydroxylation sites is 1. The van der Waals surface area contributed by atoms with E-state index >= 15 is 0 Å². The minimum absolute atomic E-state index is 0.369. The molecule has 2 nitrogen and oxygen atoms in total. The minimum atomic E-state index is 0.369. The summed E-state index contributed by atoms with van der Waals surface area (Å²) in [6, 6.07) is 13.0. The molecule has 0 aliphatic rings. The second kappa shape index (κ2) is 5.73. The lowest BCUT2D eigenvalue weighted by Gasteiger charge is -2.14. The number of pyridine rings is 1. The zero-order valence-corrected chi connectivity index (χ0v) is 12.6. The third kappa shape index (κ3) is 2.60. The van der Waals surface area contributed by atoms with Gasteiger partial charge < -0.3 is 5.32 Å². The molecule has 3 rings (SSSR count). The third-order valence-electron chi connectivity index (χ3n) is 3.61. The van der Waals surface area contributed by atoms with Gasteiger partial charge in [0.05, 0.1) is 5.52 Å². The second-order valence-corrected chi connectivity index (χ2v) is 6.01. The number of nitrogens with one attached hydrogen (secondary N) is 1. The number of hydrogen-bond donors (Lipinski definition) is 1. The van der Waals surface area contributed by atoms with Crippen LogP contribution >= 0.6 is 11.3 Å². The molecule has 1 atom stereocenters. The van der Waals surface area contributed by atoms with Crippen LogP contribution in [0.2, 0.25) is 0 Å². The van der Waals surface area contributed by atoms with Crippen molar-refractivity contribution in [3.05, 3.63) is 64.0 Å². The lowest BCUT2D eigenvalue weighted by atomic mass is 10.1. The summed E-state index contributed by atoms with van der Waals surface area (Å²) in [5, 5.41) is 6.96. The maximum Gasteiger partial charge on any atom is 0.0746 e. The van der Waals surface area contributed by atoms with E-state index in [1.54, 1.807) is 0 Å². The Kier molecular flexibility index (Phi) is 3.81. The normalized spacial score (nSPS) is 12.7. The first-order valence-corrected chi connectivity index (χ1v) is 7.73. The van der Waals surface area contributed by atoms with Gasteiger partial charge in [0.2, 0.25) is 0 Å². The van der Waals surface area contributed by atoms with E-state index in [0.29, 0.717) is 6.04 Å². The number of thiophene rings is 1. The van der Waals surface area contributed by atoms with Crippen molar-refractivity contribution < 1.29 is 0 Å². The molecule has 0 fully saturated rings. The summed E-state index contributed by atoms with van der Waals surface area (Å²) in [7, 11) is 0. The molecule has 0 aliphatic heterocycles. The van der Waals surface area contributed by atoms with Crippen LogP contribution < -0.4 is 5.32 Å². The molecule has 2 aromatic heterocycles. The first kappa shape index (κ1) is 13.3. The maximum absolute atomic E-state index is 4.50. The lowest BCUT2D eigenvalue weighted by Crippen LogP contribution is -2.18. The van der Waals surface area contributed by atoms with Crippen molar-refractivity contribution in [2.45, 2.75) is 26.4 Å². The minimum Gasteiger partial charge on any atom is -0.305 e. The fraction of sp³-hybridized carbons (Fsp3) is 0.235. The Morgan fingerprint density at radius 2 is 2.05 bits per heavy atom. The summed E-state index contributed by atoms with van der Waals surface area (Å²) < 4.78 is 0. The standard InChI is InChI=1S/C17H18N2S/c1-12-8-10-20-17(12)13(2)19-11-15-6-3-5-14-7-4-9-18-16(14)15/h3-10,13,19H,11H2,1-2H3. The average Bonchev–Trinajstić information content (AvgIpc) is 2.91. The van der Waals surface area contributed by atoms with Crippen LogP contribution in [0.3, 0.4) is 0 Å². The molecule has 2 heterocycles. The number of aryl methyl sites for hydroxylation is 1. The molecule has 0 amide bonds. The molecule has 0 radical (unpaired) electrons. The van der Waals surface area contributed by atoms with E-state index < -0.39 is 0 Å². The maximum atomic E-state index is 4.50. The van der Waals surface area contributed by atoms with Crippen molar-refractivity contribution in [1.82, 2.24) is 10.3 Å². The average molecular weight is 282 g/mol. The van der Waals surface area contributed by atoms with E-state index in [2.05, 4.69) is 59.9 Å². The smallest absolute Gasteiger partial charge is 0.0746 e. The van der Waals surface area contributed by atoms with Crippen molar-refractivity contribution in [3.8, 4) is 0 Å². The van der Waals surface area contributed by atoms with Crippen molar-refractivity contribution in [2.24, 2.45) is 0 Å². The van der Waals surface area contributed by atoms with Crippen LogP contribution in [-0.4, -0.2) is 4.98 Å². The topological polar surface area (TPSA) is 24.9 Å². The predicted molar refractivity (Wildman–Crippen MR) is 86.1 cm³/mol. The summed E-state index contributed by atoms with van der Waals surface area (Å²) in [4.78, 5) is 5.92. The van der Waals surface area contributed by atoms with Crippen molar-refractivity contribution in [3.63, 3.8) is 0 Å². The van der Waals surface area contributed by atoms with Gasteiger partial charge in [-0.25, -0.2) is 0 Å². The number of aromatic nitrogens is 1. The van der Waals surface area contributed by atoms with Gasteiger partial charge in [-0.3, -0.25) is 4.98 Å². The molecule has 0 bridgehead atoms. The molecule has 102 valence electrons. The second-order valence-electron chi connectivity index (χ2n) is 5.06. The Bertz CT molecular complexity index is 712. The van der Waals surface area contributed by atoms with Gasteiger partial charge in [-0.05, 0) is 42.5 Å². The highest BCUT2D eigenvalue weighted by Crippen LogP contribution is 2.24. The number of rotatable bonds is 4. The van der Waals surface area contributed by atoms with Gasteiger partial charge in [0.1, 0.15) is 0 Å². The Morgan fingerprint density at radius 3 is 2.85 bits per heavy atom. The SMILES string of the molecule is Cc1ccsc1C(C)NCc1cccc2cccnc12. The van der Waals surface area contributed by atoms with E-state index in [4.69, 9.17) is 0 Å². The highest BCUT2D eigenvalue weighted by molar-refractivity contribution is 7.10. The Morgan fingerprint density at radius 1 is 1.20 bits per heavy atom. The summed E-state index contributed by atoms with van der Waals surface area (Å²) in [6.07, 6.45) is 1.86. The van der Waals surface area contributed by atoms with Gasteiger partial charge in [0.25, 0.3) is 0 Å². The Hall–Kier alpha value is -1.71. The van der Waals surface area contributed by atoms with Gasteiger partial charge in [-0.1, -0.05) is 24.3 Å². The number of benzene rings is 1. The molecule has 0 aliphatic carbocycles. The molecule has 0 spiro atoms. The van der Waals surface area contributed by atoms with Crippen LogP contribution in [0.1, 0.15) is 29.0 Å². The van der Waals surface area contributed by atoms with Crippen LogP contribution in [0.5, 0.6) is 0 Å². The quantitative estimate of drug-likeness (QED) is 0.764. The molecule has 0 saturated heterocycles. The molecular weight excluding hydrogens is 264 g/mol. The van der Waals surface area contributed by atoms with E-state index in [0.717, 1.165) is 12.1 Å². The first-order valence-electron chi connectivity index (χ1n) is 6.85. The van der Waals surface area contributed by atoms with Crippen LogP contribution in [0, 0.1) is 6.92 Å². The summed E-state index contributed by atoms with van der Waals surface area (Å²) in [5.74, 6) is 0. The highest BCUT2D eigenvalue weighted by Gasteiger charge is 2.10. The number of fused-ring (bicyclic) bond motifs is 1. The van der Waals surface area contributed by atoms with Crippen molar-refractivity contribution in [1.29, 1.82) is 0 Å². The largest absolute Gasteiger partial charge is 0.305 e. The molecule has 20 heavy (non-hydrogen) atoms. The van der Waals surface area contributed by atoms with E-state index in [1.165, 1.54) is 21.4 Å². The number of hydrogen-bond acceptors (Lipinski definition) is 3. The van der Waals surface area contributed by atoms with Crippen LogP contribution in [0.25, 0.3) is 10.9 Å². The summed E-state index contributed by atoms with van der Waals surface area (Å²) >= 11 is 1.82. The Balaban J connectivity index is 1.79. The highest BCUT2D eigenvalue weighted by atomic mass is 32.1. The van der Waals surface area contributed by atoms with Crippen LogP contribution in [0.15, 0.2) is 48.0 Å². The van der Waals surface area contributed by atoms with Crippen molar-refractivity contribution >= 4 is 22.2 Å². The summed E-state index contributed by atoms with van der Waals surface area (Å²) in [6.45, 7) is 5.23. The third-order valence-corrected chi connectivity index (χ3v) is 4.81. The van der Waals surface area contributed by atoms with E-state index in [1.807, 2.05) is 23.6 Å². The Labute approximate surface area is 123 Å². The molecule has 1 N–H and O–H groups in total. The van der Waals surface area contributed by atoms with E-state index in [9.17, 15) is 0 Å². The van der Waals surface area contributed by atoms with Gasteiger partial charge >= 0.3 is 0 Å². The molecule has 0 saturated carbocycles. The first-order chi connectivity index (χ1) is 9.75. The lowest BCUT2D eigenvalue weighted by molar-refractivity contribution is 0.582. The molecule has 3 aromatic rings. The van der Waals surface area contributed by atoms with Gasteiger partial charge in [-0.15, -0.1) is 11.3 Å². The molecule has 1 unspecified atom stereocenters. The monoisotopic (exact) mass is 282 g/mol. The van der Waals surface area contributed by atoms with Gasteiger partial charge in [0, 0.05) is 29.0 Å². The fourth-order valence-corrected chi connectivity index (χ4v) is 3.45. The predicted octanol–water partition coefficient (Wildman–Crippen LogP) is 4.46. The van der Waals surface area contributed by atoms with E-state index in [-0.39, 0.29) is 0 Å². The van der Waals surface area contributed by atoms with Crippen LogP contribution in [0.4, 0.5) is 0 Å². The zero-order chi connectivity index (χ0) is 13.9. The molecule has 1 aromatic carbocycles. The van der Waals surface area contributed by atoms with Crippen LogP contribution in [-0.2, 0) is 6.54 Å². The molecular formula is C17H18N2S. The molecule has 3 heteroatoms. The van der Waals surface area contributed by atoms with Gasteiger partial charge in [0.15, 0.2) is 0 Å².